The average molecular weight is 312 g/mol. The summed E-state index contributed by atoms with van der Waals surface area (Å²) < 4.78 is 15.7. The van der Waals surface area contributed by atoms with Crippen molar-refractivity contribution < 1.29 is 4.39 Å². The van der Waals surface area contributed by atoms with Gasteiger partial charge in [-0.25, -0.2) is 4.39 Å². The Kier molecular flexibility index (Phi) is 4.14. The molecular weight excluding hydrogens is 297 g/mol. The summed E-state index contributed by atoms with van der Waals surface area (Å²) in [6, 6.07) is 6.92. The Labute approximate surface area is 114 Å². The number of aryl methyl sites for hydroxylation is 1. The molecule has 2 aromatic rings. The van der Waals surface area contributed by atoms with E-state index in [1.165, 1.54) is 12.1 Å². The van der Waals surface area contributed by atoms with Crippen LogP contribution in [-0.2, 0) is 13.5 Å². The van der Waals surface area contributed by atoms with Crippen molar-refractivity contribution in [1.29, 1.82) is 0 Å². The highest BCUT2D eigenvalue weighted by molar-refractivity contribution is 9.10. The van der Waals surface area contributed by atoms with Crippen LogP contribution in [0.2, 0.25) is 0 Å². The largest absolute Gasteiger partial charge is 0.311 e. The van der Waals surface area contributed by atoms with Crippen LogP contribution in [0.1, 0.15) is 17.3 Å². The van der Waals surface area contributed by atoms with E-state index in [-0.39, 0.29) is 11.9 Å². The summed E-state index contributed by atoms with van der Waals surface area (Å²) in [4.78, 5) is 0. The fourth-order valence-electron chi connectivity index (χ4n) is 1.99. The maximum atomic E-state index is 13.0. The van der Waals surface area contributed by atoms with Crippen molar-refractivity contribution in [3.63, 3.8) is 0 Å². The van der Waals surface area contributed by atoms with Gasteiger partial charge in [-0.2, -0.15) is 5.10 Å². The number of hydrogen-bond donors (Lipinski definition) is 1. The third kappa shape index (κ3) is 2.79. The van der Waals surface area contributed by atoms with Crippen LogP contribution >= 0.6 is 15.9 Å². The number of hydrogen-bond acceptors (Lipinski definition) is 2. The molecule has 0 bridgehead atoms. The van der Waals surface area contributed by atoms with Crippen LogP contribution in [0.5, 0.6) is 0 Å². The minimum atomic E-state index is -0.229. The first-order valence-corrected chi connectivity index (χ1v) is 6.50. The number of likely N-dealkylation sites (N-methyl/N-ethyl adjacent to an activating group) is 1. The summed E-state index contributed by atoms with van der Waals surface area (Å²) >= 11 is 3.40. The van der Waals surface area contributed by atoms with Crippen LogP contribution in [0, 0.1) is 5.82 Å². The Morgan fingerprint density at radius 1 is 1.44 bits per heavy atom. The molecule has 1 atom stereocenters. The first-order chi connectivity index (χ1) is 8.61. The lowest BCUT2D eigenvalue weighted by Crippen LogP contribution is -2.21. The monoisotopic (exact) mass is 311 g/mol. The van der Waals surface area contributed by atoms with Gasteiger partial charge in [-0.1, -0.05) is 22.0 Å². The maximum Gasteiger partial charge on any atom is 0.124 e. The quantitative estimate of drug-likeness (QED) is 0.941. The van der Waals surface area contributed by atoms with E-state index in [4.69, 9.17) is 0 Å². The summed E-state index contributed by atoms with van der Waals surface area (Å²) in [6.07, 6.45) is 2.55. The minimum absolute atomic E-state index is 0.152. The Morgan fingerprint density at radius 2 is 2.22 bits per heavy atom. The van der Waals surface area contributed by atoms with Crippen molar-refractivity contribution in [2.24, 2.45) is 7.05 Å². The topological polar surface area (TPSA) is 29.9 Å². The molecule has 0 spiro atoms. The Balaban J connectivity index is 2.23. The number of aromatic nitrogens is 2. The third-order valence-electron chi connectivity index (χ3n) is 3.00. The van der Waals surface area contributed by atoms with Crippen LogP contribution in [0.15, 0.2) is 34.9 Å². The van der Waals surface area contributed by atoms with Crippen LogP contribution < -0.4 is 5.32 Å². The van der Waals surface area contributed by atoms with Crippen molar-refractivity contribution >= 4 is 15.9 Å². The molecule has 0 amide bonds. The molecule has 1 aromatic carbocycles. The van der Waals surface area contributed by atoms with Crippen LogP contribution in [0.25, 0.3) is 0 Å². The van der Waals surface area contributed by atoms with Gasteiger partial charge >= 0.3 is 0 Å². The lowest BCUT2D eigenvalue weighted by Gasteiger charge is -2.17. The van der Waals surface area contributed by atoms with Crippen molar-refractivity contribution in [2.75, 3.05) is 7.05 Å². The van der Waals surface area contributed by atoms with E-state index in [2.05, 4.69) is 26.3 Å². The molecule has 0 aliphatic carbocycles. The molecule has 96 valence electrons. The molecule has 2 rings (SSSR count). The normalized spacial score (nSPS) is 12.7. The van der Waals surface area contributed by atoms with Gasteiger partial charge in [0.2, 0.25) is 0 Å². The second-order valence-corrected chi connectivity index (χ2v) is 5.02. The van der Waals surface area contributed by atoms with Gasteiger partial charge in [0.15, 0.2) is 0 Å². The Morgan fingerprint density at radius 3 is 2.78 bits per heavy atom. The van der Waals surface area contributed by atoms with Gasteiger partial charge in [-0.3, -0.25) is 4.68 Å². The third-order valence-corrected chi connectivity index (χ3v) is 3.74. The Hall–Kier alpha value is -1.20. The van der Waals surface area contributed by atoms with Crippen LogP contribution in [0.4, 0.5) is 4.39 Å². The fraction of sp³-hybridized carbons (Fsp3) is 0.308. The highest BCUT2D eigenvalue weighted by atomic mass is 79.9. The minimum Gasteiger partial charge on any atom is -0.311 e. The van der Waals surface area contributed by atoms with Crippen molar-refractivity contribution in [2.45, 2.75) is 12.5 Å². The molecule has 1 aromatic heterocycles. The molecule has 0 fully saturated rings. The SMILES string of the molecule is CNC(Cc1ccc(F)cc1Br)c1ccnn1C. The predicted octanol–water partition coefficient (Wildman–Crippen LogP) is 2.82. The molecule has 0 saturated carbocycles. The lowest BCUT2D eigenvalue weighted by atomic mass is 10.0. The molecule has 0 aliphatic heterocycles. The van der Waals surface area contributed by atoms with E-state index >= 15 is 0 Å². The zero-order valence-electron chi connectivity index (χ0n) is 10.3. The second-order valence-electron chi connectivity index (χ2n) is 4.16. The molecular formula is C13H15BrFN3. The van der Waals surface area contributed by atoms with E-state index in [1.807, 2.05) is 24.8 Å². The summed E-state index contributed by atoms with van der Waals surface area (Å²) in [7, 11) is 3.83. The van der Waals surface area contributed by atoms with Gasteiger partial charge < -0.3 is 5.32 Å². The highest BCUT2D eigenvalue weighted by Gasteiger charge is 2.15. The number of halogens is 2. The molecule has 0 saturated heterocycles. The van der Waals surface area contributed by atoms with Gasteiger partial charge in [-0.05, 0) is 37.2 Å². The summed E-state index contributed by atoms with van der Waals surface area (Å²) in [5, 5.41) is 7.43. The summed E-state index contributed by atoms with van der Waals surface area (Å²) in [5.41, 5.74) is 2.17. The molecule has 5 heteroatoms. The van der Waals surface area contributed by atoms with Crippen molar-refractivity contribution in [1.82, 2.24) is 15.1 Å². The first kappa shape index (κ1) is 13.2. The highest BCUT2D eigenvalue weighted by Crippen LogP contribution is 2.24. The smallest absolute Gasteiger partial charge is 0.124 e. The predicted molar refractivity (Wildman–Crippen MR) is 72.8 cm³/mol. The number of nitrogens with one attached hydrogen (secondary N) is 1. The van der Waals surface area contributed by atoms with E-state index in [0.717, 1.165) is 22.2 Å². The Bertz CT molecular complexity index is 539. The molecule has 1 unspecified atom stereocenters. The van der Waals surface area contributed by atoms with Gasteiger partial charge in [-0.15, -0.1) is 0 Å². The number of rotatable bonds is 4. The molecule has 1 heterocycles. The lowest BCUT2D eigenvalue weighted by molar-refractivity contribution is 0.536. The molecule has 1 N–H and O–H groups in total. The standard InChI is InChI=1S/C13H15BrFN3/c1-16-12(13-5-6-17-18(13)2)7-9-3-4-10(15)8-11(9)14/h3-6,8,12,16H,7H2,1-2H3. The average Bonchev–Trinajstić information content (AvgIpc) is 2.75. The van der Waals surface area contributed by atoms with E-state index < -0.39 is 0 Å². The van der Waals surface area contributed by atoms with Crippen molar-refractivity contribution in [3.05, 3.63) is 52.0 Å². The summed E-state index contributed by atoms with van der Waals surface area (Å²) in [6.45, 7) is 0. The van der Waals surface area contributed by atoms with Crippen molar-refractivity contribution in [3.8, 4) is 0 Å². The number of nitrogens with zero attached hydrogens (tertiary/aromatic N) is 2. The van der Waals surface area contributed by atoms with Gasteiger partial charge in [0.05, 0.1) is 11.7 Å². The van der Waals surface area contributed by atoms with Gasteiger partial charge in [0, 0.05) is 17.7 Å². The van der Waals surface area contributed by atoms with E-state index in [9.17, 15) is 4.39 Å². The second kappa shape index (κ2) is 5.63. The zero-order valence-corrected chi connectivity index (χ0v) is 11.9. The van der Waals surface area contributed by atoms with E-state index in [0.29, 0.717) is 0 Å². The van der Waals surface area contributed by atoms with Gasteiger partial charge in [0.25, 0.3) is 0 Å². The first-order valence-electron chi connectivity index (χ1n) is 5.71. The van der Waals surface area contributed by atoms with Crippen LogP contribution in [-0.4, -0.2) is 16.8 Å². The number of benzene rings is 1. The molecule has 3 nitrogen and oxygen atoms in total. The fourth-order valence-corrected chi connectivity index (χ4v) is 2.50. The molecule has 0 radical (unpaired) electrons. The maximum absolute atomic E-state index is 13.0. The van der Waals surface area contributed by atoms with Crippen LogP contribution in [0.3, 0.4) is 0 Å². The molecule has 0 aliphatic rings. The zero-order chi connectivity index (χ0) is 13.1. The summed E-state index contributed by atoms with van der Waals surface area (Å²) in [5.74, 6) is -0.229. The van der Waals surface area contributed by atoms with Gasteiger partial charge in [0.1, 0.15) is 5.82 Å². The molecule has 18 heavy (non-hydrogen) atoms. The van der Waals surface area contributed by atoms with E-state index in [1.54, 1.807) is 12.3 Å².